The summed E-state index contributed by atoms with van der Waals surface area (Å²) in [6, 6.07) is 5.62. The van der Waals surface area contributed by atoms with Crippen LogP contribution in [-0.4, -0.2) is 50.6 Å². The molecule has 0 radical (unpaired) electrons. The number of hydrogen-bond donors (Lipinski definition) is 1. The molecule has 2 N–H and O–H groups in total. The molecule has 1 aliphatic heterocycles. The molecule has 1 aliphatic rings. The van der Waals surface area contributed by atoms with Gasteiger partial charge in [-0.05, 0) is 17.7 Å². The molecule has 0 aliphatic carbocycles. The van der Waals surface area contributed by atoms with Crippen molar-refractivity contribution in [3.05, 3.63) is 36.3 Å². The first-order valence-electron chi connectivity index (χ1n) is 8.68. The summed E-state index contributed by atoms with van der Waals surface area (Å²) >= 11 is 0. The number of fused-ring (bicyclic) bond motifs is 1. The van der Waals surface area contributed by atoms with Gasteiger partial charge in [-0.15, -0.1) is 0 Å². The normalized spacial score (nSPS) is 17.3. The lowest BCUT2D eigenvalue weighted by molar-refractivity contribution is -0.0565. The number of ether oxygens (including phenoxy) is 1. The highest BCUT2D eigenvalue weighted by Gasteiger charge is 2.34. The monoisotopic (exact) mass is 374 g/mol. The summed E-state index contributed by atoms with van der Waals surface area (Å²) in [4.78, 5) is 10.3. The second kappa shape index (κ2) is 6.73. The Hall–Kier alpha value is -2.81. The molecule has 3 aromatic rings. The molecule has 0 atom stereocenters. The van der Waals surface area contributed by atoms with Crippen molar-refractivity contribution in [3.8, 4) is 17.1 Å². The molecule has 4 heterocycles. The van der Waals surface area contributed by atoms with Crippen molar-refractivity contribution in [2.75, 3.05) is 25.9 Å². The van der Waals surface area contributed by atoms with Gasteiger partial charge in [0.1, 0.15) is 11.8 Å². The number of likely N-dealkylation sites (tertiary alicyclic amines) is 1. The van der Waals surface area contributed by atoms with E-state index in [1.54, 1.807) is 23.9 Å². The van der Waals surface area contributed by atoms with Gasteiger partial charge in [-0.25, -0.2) is 23.3 Å². The summed E-state index contributed by atoms with van der Waals surface area (Å²) in [5.74, 6) is -1.69. The maximum Gasteiger partial charge on any atom is 0.250 e. The zero-order chi connectivity index (χ0) is 19.0. The minimum absolute atomic E-state index is 0.125. The number of nitrogen functional groups attached to an aromatic ring is 1. The largest absolute Gasteiger partial charge is 0.481 e. The fourth-order valence-corrected chi connectivity index (χ4v) is 3.40. The topological polar surface area (TPSA) is 81.6 Å². The number of anilines is 1. The molecule has 4 rings (SSSR count). The molecule has 142 valence electrons. The van der Waals surface area contributed by atoms with Crippen LogP contribution in [0.2, 0.25) is 0 Å². The van der Waals surface area contributed by atoms with E-state index in [1.807, 2.05) is 17.0 Å². The predicted molar refractivity (Wildman–Crippen MR) is 96.6 cm³/mol. The average Bonchev–Trinajstić information content (AvgIpc) is 3.03. The van der Waals surface area contributed by atoms with E-state index in [0.717, 1.165) is 16.8 Å². The number of nitrogens with zero attached hydrogens (tertiary/aromatic N) is 5. The molecule has 9 heteroatoms. The van der Waals surface area contributed by atoms with Gasteiger partial charge in [-0.1, -0.05) is 0 Å². The molecule has 0 unspecified atom stereocenters. The van der Waals surface area contributed by atoms with E-state index in [2.05, 4.69) is 15.1 Å². The number of pyridine rings is 1. The smallest absolute Gasteiger partial charge is 0.250 e. The molecule has 0 spiro atoms. The van der Waals surface area contributed by atoms with Gasteiger partial charge in [0.05, 0.1) is 12.8 Å². The van der Waals surface area contributed by atoms with Crippen LogP contribution in [0.3, 0.4) is 0 Å². The van der Waals surface area contributed by atoms with E-state index in [1.165, 1.54) is 6.33 Å². The summed E-state index contributed by atoms with van der Waals surface area (Å²) < 4.78 is 33.7. The summed E-state index contributed by atoms with van der Waals surface area (Å²) in [7, 11) is 1.56. The maximum atomic E-state index is 13.4. The number of aromatic nitrogens is 4. The van der Waals surface area contributed by atoms with Gasteiger partial charge >= 0.3 is 0 Å². The molecular formula is C18H20F2N6O. The van der Waals surface area contributed by atoms with Gasteiger partial charge in [0, 0.05) is 50.3 Å². The van der Waals surface area contributed by atoms with Crippen LogP contribution in [0, 0.1) is 0 Å². The molecule has 1 fully saturated rings. The van der Waals surface area contributed by atoms with Crippen LogP contribution in [0.4, 0.5) is 14.6 Å². The van der Waals surface area contributed by atoms with E-state index in [-0.39, 0.29) is 12.8 Å². The standard InChI is InChI=1S/C18H20F2N6O/c1-27-15-3-2-12(9-22-15)14-8-13(16-17(21)23-11-24-26(14)16)10-25-6-4-18(19,20)5-7-25/h2-3,8-9,11H,4-7,10H2,1H3,(H2,21,23,24). The second-order valence-corrected chi connectivity index (χ2v) is 6.68. The highest BCUT2D eigenvalue weighted by atomic mass is 19.3. The number of nitrogens with two attached hydrogens (primary N) is 1. The van der Waals surface area contributed by atoms with Gasteiger partial charge in [-0.2, -0.15) is 5.10 Å². The highest BCUT2D eigenvalue weighted by molar-refractivity contribution is 5.77. The van der Waals surface area contributed by atoms with E-state index in [9.17, 15) is 8.78 Å². The average molecular weight is 374 g/mol. The van der Waals surface area contributed by atoms with Gasteiger partial charge in [0.2, 0.25) is 5.88 Å². The van der Waals surface area contributed by atoms with Crippen LogP contribution < -0.4 is 10.5 Å². The third kappa shape index (κ3) is 3.42. The SMILES string of the molecule is COc1ccc(-c2cc(CN3CCC(F)(F)CC3)c3c(N)ncnn23)cn1. The van der Waals surface area contributed by atoms with E-state index < -0.39 is 5.92 Å². The Labute approximate surface area is 154 Å². The molecular weight excluding hydrogens is 354 g/mol. The molecule has 3 aromatic heterocycles. The van der Waals surface area contributed by atoms with E-state index in [4.69, 9.17) is 10.5 Å². The van der Waals surface area contributed by atoms with Crippen molar-refractivity contribution < 1.29 is 13.5 Å². The number of alkyl halides is 2. The molecule has 0 amide bonds. The molecule has 27 heavy (non-hydrogen) atoms. The van der Waals surface area contributed by atoms with Crippen LogP contribution in [0.25, 0.3) is 16.8 Å². The Kier molecular flexibility index (Phi) is 4.39. The Morgan fingerprint density at radius 1 is 1.22 bits per heavy atom. The minimum Gasteiger partial charge on any atom is -0.481 e. The lowest BCUT2D eigenvalue weighted by Crippen LogP contribution is -2.38. The van der Waals surface area contributed by atoms with Gasteiger partial charge in [0.15, 0.2) is 5.82 Å². The summed E-state index contributed by atoms with van der Waals surface area (Å²) in [5.41, 5.74) is 9.36. The summed E-state index contributed by atoms with van der Waals surface area (Å²) in [6.45, 7) is 1.20. The van der Waals surface area contributed by atoms with Gasteiger partial charge in [-0.3, -0.25) is 4.90 Å². The lowest BCUT2D eigenvalue weighted by atomic mass is 10.1. The first-order chi connectivity index (χ1) is 13.0. The number of rotatable bonds is 4. The number of piperidine rings is 1. The van der Waals surface area contributed by atoms with Crippen molar-refractivity contribution in [3.63, 3.8) is 0 Å². The third-order valence-corrected chi connectivity index (χ3v) is 4.88. The summed E-state index contributed by atoms with van der Waals surface area (Å²) in [5, 5.41) is 4.33. The number of methoxy groups -OCH3 is 1. The Balaban J connectivity index is 1.70. The first-order valence-corrected chi connectivity index (χ1v) is 8.68. The number of halogens is 2. The Bertz CT molecular complexity index is 946. The van der Waals surface area contributed by atoms with Crippen molar-refractivity contribution in [1.29, 1.82) is 0 Å². The molecule has 0 aromatic carbocycles. The second-order valence-electron chi connectivity index (χ2n) is 6.68. The molecule has 1 saturated heterocycles. The zero-order valence-electron chi connectivity index (χ0n) is 14.9. The Morgan fingerprint density at radius 2 is 2.00 bits per heavy atom. The molecule has 0 saturated carbocycles. The predicted octanol–water partition coefficient (Wildman–Crippen LogP) is 2.61. The van der Waals surface area contributed by atoms with Crippen molar-refractivity contribution in [1.82, 2.24) is 24.5 Å². The third-order valence-electron chi connectivity index (χ3n) is 4.88. The quantitative estimate of drug-likeness (QED) is 0.756. The van der Waals surface area contributed by atoms with Crippen molar-refractivity contribution in [2.24, 2.45) is 0 Å². The molecule has 7 nitrogen and oxygen atoms in total. The highest BCUT2D eigenvalue weighted by Crippen LogP contribution is 2.32. The van der Waals surface area contributed by atoms with Gasteiger partial charge in [0.25, 0.3) is 5.92 Å². The maximum absolute atomic E-state index is 13.4. The van der Waals surface area contributed by atoms with Crippen molar-refractivity contribution >= 4 is 11.3 Å². The first kappa shape index (κ1) is 17.6. The van der Waals surface area contributed by atoms with Crippen LogP contribution in [0.5, 0.6) is 5.88 Å². The van der Waals surface area contributed by atoms with Gasteiger partial charge < -0.3 is 10.5 Å². The molecule has 0 bridgehead atoms. The van der Waals surface area contributed by atoms with Crippen LogP contribution in [0.1, 0.15) is 18.4 Å². The van der Waals surface area contributed by atoms with E-state index in [0.29, 0.717) is 36.8 Å². The van der Waals surface area contributed by atoms with Crippen LogP contribution in [0.15, 0.2) is 30.7 Å². The Morgan fingerprint density at radius 3 is 2.67 bits per heavy atom. The van der Waals surface area contributed by atoms with E-state index >= 15 is 0 Å². The lowest BCUT2D eigenvalue weighted by Gasteiger charge is -2.31. The zero-order valence-corrected chi connectivity index (χ0v) is 14.9. The minimum atomic E-state index is -2.57. The fourth-order valence-electron chi connectivity index (χ4n) is 3.40. The number of hydrogen-bond acceptors (Lipinski definition) is 6. The summed E-state index contributed by atoms with van der Waals surface area (Å²) in [6.07, 6.45) is 2.85. The van der Waals surface area contributed by atoms with Crippen LogP contribution >= 0.6 is 0 Å². The van der Waals surface area contributed by atoms with Crippen molar-refractivity contribution in [2.45, 2.75) is 25.3 Å². The fraction of sp³-hybridized carbons (Fsp3) is 0.389. The van der Waals surface area contributed by atoms with Crippen LogP contribution in [-0.2, 0) is 6.54 Å².